The molecule has 0 aromatic rings. The minimum absolute atomic E-state index is 0.00167. The van der Waals surface area contributed by atoms with E-state index in [-0.39, 0.29) is 43.7 Å². The molecule has 11 heteroatoms. The average molecular weight is 423 g/mol. The molecule has 0 saturated heterocycles. The SMILES string of the molecule is CCNC(=O)C(C)NC(=O)C(C)NC(=O)CCCNC(=O)CCN1C(=O)C=CC1=O. The Hall–Kier alpha value is -3.24. The first kappa shape index (κ1) is 24.8. The average Bonchev–Trinajstić information content (AvgIpc) is 3.01. The van der Waals surface area contributed by atoms with Crippen LogP contribution in [0.1, 0.15) is 40.0 Å². The van der Waals surface area contributed by atoms with Gasteiger partial charge in [0, 0.05) is 44.6 Å². The Labute approximate surface area is 175 Å². The van der Waals surface area contributed by atoms with Crippen LogP contribution < -0.4 is 21.3 Å². The summed E-state index contributed by atoms with van der Waals surface area (Å²) in [5, 5.41) is 10.2. The van der Waals surface area contributed by atoms with E-state index < -0.39 is 29.8 Å². The van der Waals surface area contributed by atoms with E-state index in [0.717, 1.165) is 17.1 Å². The van der Waals surface area contributed by atoms with E-state index >= 15 is 0 Å². The minimum atomic E-state index is -0.812. The van der Waals surface area contributed by atoms with E-state index in [4.69, 9.17) is 0 Å². The van der Waals surface area contributed by atoms with E-state index in [1.165, 1.54) is 6.92 Å². The summed E-state index contributed by atoms with van der Waals surface area (Å²) in [6.07, 6.45) is 2.73. The van der Waals surface area contributed by atoms with Gasteiger partial charge in [-0.3, -0.25) is 33.7 Å². The van der Waals surface area contributed by atoms with Gasteiger partial charge < -0.3 is 21.3 Å². The van der Waals surface area contributed by atoms with Crippen LogP contribution >= 0.6 is 0 Å². The molecule has 4 N–H and O–H groups in total. The van der Waals surface area contributed by atoms with E-state index in [1.54, 1.807) is 13.8 Å². The van der Waals surface area contributed by atoms with Crippen LogP contribution in [0, 0.1) is 0 Å². The van der Waals surface area contributed by atoms with Gasteiger partial charge in [-0.15, -0.1) is 0 Å². The molecule has 0 fully saturated rings. The maximum atomic E-state index is 12.0. The number of amides is 6. The first-order chi connectivity index (χ1) is 14.1. The Bertz CT molecular complexity index is 702. The number of nitrogens with zero attached hydrogens (tertiary/aromatic N) is 1. The Balaban J connectivity index is 2.19. The molecule has 1 rings (SSSR count). The van der Waals surface area contributed by atoms with Crippen LogP contribution in [-0.2, 0) is 28.8 Å². The molecule has 11 nitrogen and oxygen atoms in total. The van der Waals surface area contributed by atoms with Gasteiger partial charge in [0.1, 0.15) is 12.1 Å². The predicted octanol–water partition coefficient (Wildman–Crippen LogP) is -1.66. The lowest BCUT2D eigenvalue weighted by Crippen LogP contribution is -2.51. The fourth-order valence-electron chi connectivity index (χ4n) is 2.54. The molecule has 0 aromatic heterocycles. The van der Waals surface area contributed by atoms with Gasteiger partial charge in [0.25, 0.3) is 11.8 Å². The summed E-state index contributed by atoms with van der Waals surface area (Å²) in [6.45, 7) is 5.51. The number of nitrogens with one attached hydrogen (secondary N) is 4. The maximum absolute atomic E-state index is 12.0. The summed E-state index contributed by atoms with van der Waals surface area (Å²) < 4.78 is 0. The molecule has 0 saturated carbocycles. The zero-order valence-electron chi connectivity index (χ0n) is 17.4. The summed E-state index contributed by atoms with van der Waals surface area (Å²) in [6, 6.07) is -1.53. The number of rotatable bonds is 12. The lowest BCUT2D eigenvalue weighted by molar-refractivity contribution is -0.137. The smallest absolute Gasteiger partial charge is 0.253 e. The highest BCUT2D eigenvalue weighted by Gasteiger charge is 2.23. The molecule has 0 bridgehead atoms. The van der Waals surface area contributed by atoms with Gasteiger partial charge >= 0.3 is 0 Å². The van der Waals surface area contributed by atoms with Crippen molar-refractivity contribution in [3.63, 3.8) is 0 Å². The second-order valence-corrected chi connectivity index (χ2v) is 6.78. The summed E-state index contributed by atoms with van der Waals surface area (Å²) in [5.41, 5.74) is 0. The molecular weight excluding hydrogens is 394 g/mol. The molecule has 166 valence electrons. The second kappa shape index (κ2) is 12.3. The summed E-state index contributed by atoms with van der Waals surface area (Å²) >= 11 is 0. The number of hydrogen-bond acceptors (Lipinski definition) is 6. The fraction of sp³-hybridized carbons (Fsp3) is 0.579. The Kier molecular flexibility index (Phi) is 10.2. The van der Waals surface area contributed by atoms with Gasteiger partial charge in [-0.25, -0.2) is 0 Å². The predicted molar refractivity (Wildman–Crippen MR) is 107 cm³/mol. The monoisotopic (exact) mass is 423 g/mol. The zero-order valence-corrected chi connectivity index (χ0v) is 17.4. The molecule has 1 aliphatic heterocycles. The van der Waals surface area contributed by atoms with Crippen molar-refractivity contribution in [3.8, 4) is 0 Å². The van der Waals surface area contributed by atoms with Crippen molar-refractivity contribution in [2.75, 3.05) is 19.6 Å². The van der Waals surface area contributed by atoms with Crippen LogP contribution in [0.3, 0.4) is 0 Å². The number of likely N-dealkylation sites (N-methyl/N-ethyl adjacent to an activating group) is 1. The molecule has 2 atom stereocenters. The van der Waals surface area contributed by atoms with Crippen LogP contribution in [0.5, 0.6) is 0 Å². The molecule has 1 aliphatic rings. The topological polar surface area (TPSA) is 154 Å². The number of hydrogen-bond donors (Lipinski definition) is 4. The van der Waals surface area contributed by atoms with Crippen molar-refractivity contribution in [1.82, 2.24) is 26.2 Å². The van der Waals surface area contributed by atoms with E-state index in [0.29, 0.717) is 13.0 Å². The molecule has 0 aliphatic carbocycles. The lowest BCUT2D eigenvalue weighted by atomic mass is 10.2. The molecule has 2 unspecified atom stereocenters. The highest BCUT2D eigenvalue weighted by molar-refractivity contribution is 6.13. The summed E-state index contributed by atoms with van der Waals surface area (Å²) in [7, 11) is 0. The molecule has 1 heterocycles. The Morgan fingerprint density at radius 2 is 1.47 bits per heavy atom. The number of carbonyl (C=O) groups is 6. The van der Waals surface area contributed by atoms with E-state index in [9.17, 15) is 28.8 Å². The van der Waals surface area contributed by atoms with Gasteiger partial charge in [0.05, 0.1) is 0 Å². The third-order valence-electron chi connectivity index (χ3n) is 4.24. The van der Waals surface area contributed by atoms with Gasteiger partial charge in [0.2, 0.25) is 23.6 Å². The first-order valence-corrected chi connectivity index (χ1v) is 9.83. The van der Waals surface area contributed by atoms with Gasteiger partial charge in [-0.2, -0.15) is 0 Å². The number of imide groups is 1. The molecule has 0 radical (unpaired) electrons. The zero-order chi connectivity index (χ0) is 22.7. The van der Waals surface area contributed by atoms with Crippen LogP contribution in [0.25, 0.3) is 0 Å². The van der Waals surface area contributed by atoms with E-state index in [2.05, 4.69) is 21.3 Å². The molecule has 0 aromatic carbocycles. The first-order valence-electron chi connectivity index (χ1n) is 9.83. The van der Waals surface area contributed by atoms with Crippen molar-refractivity contribution in [2.45, 2.75) is 52.1 Å². The van der Waals surface area contributed by atoms with Crippen molar-refractivity contribution in [1.29, 1.82) is 0 Å². The lowest BCUT2D eigenvalue weighted by Gasteiger charge is -2.18. The highest BCUT2D eigenvalue weighted by atomic mass is 16.2. The molecular formula is C19H29N5O6. The van der Waals surface area contributed by atoms with Crippen molar-refractivity contribution in [3.05, 3.63) is 12.2 Å². The van der Waals surface area contributed by atoms with Crippen LogP contribution in [0.15, 0.2) is 12.2 Å². The fourth-order valence-corrected chi connectivity index (χ4v) is 2.54. The van der Waals surface area contributed by atoms with E-state index in [1.807, 2.05) is 0 Å². The quantitative estimate of drug-likeness (QED) is 0.218. The molecule has 30 heavy (non-hydrogen) atoms. The maximum Gasteiger partial charge on any atom is 0.253 e. The van der Waals surface area contributed by atoms with Crippen LogP contribution in [-0.4, -0.2) is 72.1 Å². The van der Waals surface area contributed by atoms with Crippen LogP contribution in [0.4, 0.5) is 0 Å². The number of carbonyl (C=O) groups excluding carboxylic acids is 6. The van der Waals surface area contributed by atoms with Crippen molar-refractivity contribution in [2.24, 2.45) is 0 Å². The third-order valence-corrected chi connectivity index (χ3v) is 4.24. The highest BCUT2D eigenvalue weighted by Crippen LogP contribution is 2.04. The molecule has 6 amide bonds. The van der Waals surface area contributed by atoms with Gasteiger partial charge in [0.15, 0.2) is 0 Å². The largest absolute Gasteiger partial charge is 0.356 e. The Morgan fingerprint density at radius 1 is 0.867 bits per heavy atom. The standard InChI is InChI=1S/C19H29N5O6/c1-4-20-18(29)12(2)23-19(30)13(3)22-15(26)6-5-10-21-14(25)9-11-24-16(27)7-8-17(24)28/h7-8,12-13H,4-6,9-11H2,1-3H3,(H,20,29)(H,21,25)(H,22,26)(H,23,30). The third kappa shape index (κ3) is 8.41. The second-order valence-electron chi connectivity index (χ2n) is 6.78. The van der Waals surface area contributed by atoms with Crippen molar-refractivity contribution < 1.29 is 28.8 Å². The minimum Gasteiger partial charge on any atom is -0.356 e. The molecule has 0 spiro atoms. The van der Waals surface area contributed by atoms with Gasteiger partial charge in [-0.1, -0.05) is 0 Å². The van der Waals surface area contributed by atoms with Crippen LogP contribution in [0.2, 0.25) is 0 Å². The summed E-state index contributed by atoms with van der Waals surface area (Å²) in [5.74, 6) is -2.37. The van der Waals surface area contributed by atoms with Crippen molar-refractivity contribution >= 4 is 35.4 Å². The summed E-state index contributed by atoms with van der Waals surface area (Å²) in [4.78, 5) is 71.1. The van der Waals surface area contributed by atoms with Gasteiger partial charge in [-0.05, 0) is 27.2 Å². The Morgan fingerprint density at radius 3 is 2.07 bits per heavy atom. The normalized spacial score (nSPS) is 14.8.